The SMILES string of the molecule is NC(=O)c1ccc(-c2nc3ncnc(NCCCN4CCCC4=O)c3[nH]2)cc1. The van der Waals surface area contributed by atoms with Gasteiger partial charge < -0.3 is 20.9 Å². The topological polar surface area (TPSA) is 130 Å². The average molecular weight is 379 g/mol. The van der Waals surface area contributed by atoms with Gasteiger partial charge in [-0.1, -0.05) is 12.1 Å². The number of rotatable bonds is 7. The summed E-state index contributed by atoms with van der Waals surface area (Å²) < 4.78 is 0. The maximum Gasteiger partial charge on any atom is 0.248 e. The van der Waals surface area contributed by atoms with E-state index in [0.717, 1.165) is 31.5 Å². The van der Waals surface area contributed by atoms with Crippen molar-refractivity contribution in [2.75, 3.05) is 25.0 Å². The van der Waals surface area contributed by atoms with Gasteiger partial charge in [-0.25, -0.2) is 15.0 Å². The second-order valence-corrected chi connectivity index (χ2v) is 6.71. The molecule has 1 aromatic carbocycles. The van der Waals surface area contributed by atoms with Crippen molar-refractivity contribution in [2.45, 2.75) is 19.3 Å². The number of aromatic amines is 1. The molecule has 0 aliphatic carbocycles. The molecule has 2 amide bonds. The minimum Gasteiger partial charge on any atom is -0.368 e. The molecule has 0 atom stereocenters. The number of nitrogens with two attached hydrogens (primary N) is 1. The molecule has 0 spiro atoms. The fourth-order valence-corrected chi connectivity index (χ4v) is 3.31. The molecule has 9 heteroatoms. The van der Waals surface area contributed by atoms with E-state index in [1.54, 1.807) is 24.3 Å². The second-order valence-electron chi connectivity index (χ2n) is 6.71. The molecule has 0 bridgehead atoms. The zero-order valence-electron chi connectivity index (χ0n) is 15.3. The van der Waals surface area contributed by atoms with Gasteiger partial charge in [-0.05, 0) is 25.0 Å². The Morgan fingerprint density at radius 1 is 1.25 bits per heavy atom. The van der Waals surface area contributed by atoms with Crippen LogP contribution in [0, 0.1) is 0 Å². The van der Waals surface area contributed by atoms with E-state index in [0.29, 0.717) is 41.3 Å². The van der Waals surface area contributed by atoms with Gasteiger partial charge in [0.15, 0.2) is 11.5 Å². The van der Waals surface area contributed by atoms with Crippen LogP contribution in [0.2, 0.25) is 0 Å². The first kappa shape index (κ1) is 17.9. The number of aromatic nitrogens is 4. The summed E-state index contributed by atoms with van der Waals surface area (Å²) in [5, 5.41) is 3.29. The number of nitrogens with zero attached hydrogens (tertiary/aromatic N) is 4. The number of H-pyrrole nitrogens is 1. The predicted molar refractivity (Wildman–Crippen MR) is 105 cm³/mol. The summed E-state index contributed by atoms with van der Waals surface area (Å²) in [5.41, 5.74) is 7.82. The number of carbonyl (C=O) groups is 2. The second kappa shape index (κ2) is 7.63. The standard InChI is InChI=1S/C19H21N7O2/c20-16(28)12-4-6-13(7-5-12)17-24-15-18(22-11-23-19(15)25-17)21-8-2-10-26-9-1-3-14(26)27/h4-7,11H,1-3,8-10H2,(H2,20,28)(H2,21,22,23,24,25). The summed E-state index contributed by atoms with van der Waals surface area (Å²) >= 11 is 0. The molecule has 28 heavy (non-hydrogen) atoms. The van der Waals surface area contributed by atoms with Crippen LogP contribution in [0.1, 0.15) is 29.6 Å². The molecule has 9 nitrogen and oxygen atoms in total. The number of hydrogen-bond donors (Lipinski definition) is 3. The van der Waals surface area contributed by atoms with Crippen molar-refractivity contribution < 1.29 is 9.59 Å². The highest BCUT2D eigenvalue weighted by atomic mass is 16.2. The molecular formula is C19H21N7O2. The van der Waals surface area contributed by atoms with Crippen LogP contribution < -0.4 is 11.1 Å². The van der Waals surface area contributed by atoms with Gasteiger partial charge in [-0.2, -0.15) is 0 Å². The number of fused-ring (bicyclic) bond motifs is 1. The lowest BCUT2D eigenvalue weighted by Gasteiger charge is -2.15. The normalized spacial score (nSPS) is 14.0. The summed E-state index contributed by atoms with van der Waals surface area (Å²) in [6, 6.07) is 6.89. The largest absolute Gasteiger partial charge is 0.368 e. The summed E-state index contributed by atoms with van der Waals surface area (Å²) in [7, 11) is 0. The van der Waals surface area contributed by atoms with Crippen molar-refractivity contribution in [1.29, 1.82) is 0 Å². The Morgan fingerprint density at radius 2 is 2.07 bits per heavy atom. The number of imidazole rings is 1. The maximum absolute atomic E-state index is 11.7. The quantitative estimate of drug-likeness (QED) is 0.534. The highest BCUT2D eigenvalue weighted by Gasteiger charge is 2.19. The highest BCUT2D eigenvalue weighted by Crippen LogP contribution is 2.23. The van der Waals surface area contributed by atoms with Gasteiger partial charge in [0, 0.05) is 37.2 Å². The zero-order chi connectivity index (χ0) is 19.5. The van der Waals surface area contributed by atoms with Crippen LogP contribution in [0.4, 0.5) is 5.82 Å². The predicted octanol–water partition coefficient (Wildman–Crippen LogP) is 1.54. The minimum atomic E-state index is -0.468. The molecular weight excluding hydrogens is 358 g/mol. The van der Waals surface area contributed by atoms with Gasteiger partial charge in [0.1, 0.15) is 17.7 Å². The zero-order valence-corrected chi connectivity index (χ0v) is 15.3. The first-order valence-corrected chi connectivity index (χ1v) is 9.24. The van der Waals surface area contributed by atoms with E-state index < -0.39 is 5.91 Å². The minimum absolute atomic E-state index is 0.241. The monoisotopic (exact) mass is 379 g/mol. The molecule has 1 saturated heterocycles. The number of primary amides is 1. The van der Waals surface area contributed by atoms with Crippen molar-refractivity contribution in [1.82, 2.24) is 24.8 Å². The van der Waals surface area contributed by atoms with Crippen molar-refractivity contribution in [2.24, 2.45) is 5.73 Å². The fraction of sp³-hybridized carbons (Fsp3) is 0.316. The molecule has 0 radical (unpaired) electrons. The number of nitrogens with one attached hydrogen (secondary N) is 2. The lowest BCUT2D eigenvalue weighted by Crippen LogP contribution is -2.27. The molecule has 1 fully saturated rings. The van der Waals surface area contributed by atoms with E-state index in [1.165, 1.54) is 6.33 Å². The van der Waals surface area contributed by atoms with Gasteiger partial charge in [-0.3, -0.25) is 9.59 Å². The average Bonchev–Trinajstić information content (AvgIpc) is 3.32. The number of likely N-dealkylation sites (tertiary alicyclic amines) is 1. The van der Waals surface area contributed by atoms with Crippen molar-refractivity contribution in [3.63, 3.8) is 0 Å². The molecule has 3 heterocycles. The van der Waals surface area contributed by atoms with E-state index in [1.807, 2.05) is 4.90 Å². The van der Waals surface area contributed by atoms with Crippen molar-refractivity contribution in [3.05, 3.63) is 36.2 Å². The van der Waals surface area contributed by atoms with E-state index in [9.17, 15) is 9.59 Å². The molecule has 4 N–H and O–H groups in total. The Morgan fingerprint density at radius 3 is 2.79 bits per heavy atom. The summed E-state index contributed by atoms with van der Waals surface area (Å²) in [6.07, 6.45) is 3.93. The molecule has 4 rings (SSSR count). The van der Waals surface area contributed by atoms with Crippen LogP contribution in [-0.4, -0.2) is 56.3 Å². The third-order valence-corrected chi connectivity index (χ3v) is 4.80. The van der Waals surface area contributed by atoms with Crippen molar-refractivity contribution >= 4 is 28.8 Å². The van der Waals surface area contributed by atoms with Crippen molar-refractivity contribution in [3.8, 4) is 11.4 Å². The Bertz CT molecular complexity index is 1010. The fourth-order valence-electron chi connectivity index (χ4n) is 3.31. The maximum atomic E-state index is 11.7. The van der Waals surface area contributed by atoms with Gasteiger partial charge in [0.25, 0.3) is 0 Å². The lowest BCUT2D eigenvalue weighted by atomic mass is 10.1. The Hall–Kier alpha value is -3.49. The molecule has 0 unspecified atom stereocenters. The Kier molecular flexibility index (Phi) is 4.88. The van der Waals surface area contributed by atoms with E-state index in [-0.39, 0.29) is 5.91 Å². The molecule has 1 aliphatic rings. The van der Waals surface area contributed by atoms with Gasteiger partial charge in [0.05, 0.1) is 0 Å². The van der Waals surface area contributed by atoms with E-state index in [4.69, 9.17) is 5.73 Å². The summed E-state index contributed by atoms with van der Waals surface area (Å²) in [5.74, 6) is 1.08. The van der Waals surface area contributed by atoms with Crippen LogP contribution >= 0.6 is 0 Å². The summed E-state index contributed by atoms with van der Waals surface area (Å²) in [4.78, 5) is 41.0. The summed E-state index contributed by atoms with van der Waals surface area (Å²) in [6.45, 7) is 2.30. The smallest absolute Gasteiger partial charge is 0.248 e. The van der Waals surface area contributed by atoms with Gasteiger partial charge in [0.2, 0.25) is 11.8 Å². The Balaban J connectivity index is 1.46. The van der Waals surface area contributed by atoms with Gasteiger partial charge in [-0.15, -0.1) is 0 Å². The third kappa shape index (κ3) is 3.64. The van der Waals surface area contributed by atoms with Crippen LogP contribution in [0.3, 0.4) is 0 Å². The molecule has 144 valence electrons. The van der Waals surface area contributed by atoms with Crippen LogP contribution in [0.25, 0.3) is 22.6 Å². The first-order chi connectivity index (χ1) is 13.6. The molecule has 3 aromatic rings. The highest BCUT2D eigenvalue weighted by molar-refractivity contribution is 5.93. The number of carbonyl (C=O) groups excluding carboxylic acids is 2. The number of hydrogen-bond acceptors (Lipinski definition) is 6. The molecule has 2 aromatic heterocycles. The van der Waals surface area contributed by atoms with Crippen LogP contribution in [-0.2, 0) is 4.79 Å². The van der Waals surface area contributed by atoms with E-state index >= 15 is 0 Å². The lowest BCUT2D eigenvalue weighted by molar-refractivity contribution is -0.127. The Labute approximate surface area is 161 Å². The third-order valence-electron chi connectivity index (χ3n) is 4.80. The molecule has 0 saturated carbocycles. The van der Waals surface area contributed by atoms with Gasteiger partial charge >= 0.3 is 0 Å². The number of benzene rings is 1. The molecule has 1 aliphatic heterocycles. The van der Waals surface area contributed by atoms with Crippen LogP contribution in [0.15, 0.2) is 30.6 Å². The first-order valence-electron chi connectivity index (χ1n) is 9.24. The number of anilines is 1. The van der Waals surface area contributed by atoms with Crippen LogP contribution in [0.5, 0.6) is 0 Å². The van der Waals surface area contributed by atoms with E-state index in [2.05, 4.69) is 25.3 Å². The number of amides is 2.